The number of benzene rings is 1. The van der Waals surface area contributed by atoms with Crippen LogP contribution in [0.5, 0.6) is 0 Å². The van der Waals surface area contributed by atoms with Crippen molar-refractivity contribution in [3.05, 3.63) is 35.9 Å². The molecule has 0 bridgehead atoms. The Hall–Kier alpha value is -3.33. The summed E-state index contributed by atoms with van der Waals surface area (Å²) in [4.78, 5) is 96.8. The average Bonchev–Trinajstić information content (AvgIpc) is 3.15. The van der Waals surface area contributed by atoms with Crippen LogP contribution in [0.3, 0.4) is 0 Å². The van der Waals surface area contributed by atoms with Gasteiger partial charge in [0.1, 0.15) is 28.9 Å². The number of nitrogens with two attached hydrogens (primary N) is 1. The molecule has 57 heavy (non-hydrogen) atoms. The van der Waals surface area contributed by atoms with E-state index in [1.165, 1.54) is 6.92 Å². The quantitative estimate of drug-likeness (QED) is 0.0761. The lowest BCUT2D eigenvalue weighted by molar-refractivity contribution is -0.142. The number of nitrogens with zero attached hydrogens (tertiary/aromatic N) is 1. The summed E-state index contributed by atoms with van der Waals surface area (Å²) < 4.78 is 0. The predicted molar refractivity (Wildman–Crippen MR) is 227 cm³/mol. The third-order valence-corrected chi connectivity index (χ3v) is 12.0. The van der Waals surface area contributed by atoms with E-state index in [1.54, 1.807) is 11.8 Å². The van der Waals surface area contributed by atoms with Gasteiger partial charge in [-0.2, -0.15) is 0 Å². The molecule has 1 aliphatic rings. The van der Waals surface area contributed by atoms with Gasteiger partial charge in [0.2, 0.25) is 5.91 Å². The van der Waals surface area contributed by atoms with E-state index in [-0.39, 0.29) is 97.0 Å². The third-order valence-electron chi connectivity index (χ3n) is 12.0. The molecule has 1 saturated carbocycles. The fraction of sp³-hybridized carbons (Fsp3) is 0.729. The molecule has 0 spiro atoms. The molecule has 320 valence electrons. The van der Waals surface area contributed by atoms with Gasteiger partial charge in [0.25, 0.3) is 0 Å². The second-order valence-electron chi connectivity index (χ2n) is 18.0. The van der Waals surface area contributed by atoms with Gasteiger partial charge in [-0.3, -0.25) is 33.6 Å². The Balaban J connectivity index is 2.38. The van der Waals surface area contributed by atoms with Crippen molar-refractivity contribution < 1.29 is 33.6 Å². The van der Waals surface area contributed by atoms with Crippen LogP contribution >= 0.6 is 0 Å². The van der Waals surface area contributed by atoms with E-state index in [9.17, 15) is 33.6 Å². The highest BCUT2D eigenvalue weighted by Gasteiger charge is 2.36. The minimum atomic E-state index is -0.735. The van der Waals surface area contributed by atoms with Gasteiger partial charge in [-0.15, -0.1) is 0 Å². The molecular weight excluding hydrogens is 717 g/mol. The lowest BCUT2D eigenvalue weighted by Gasteiger charge is -2.33. The van der Waals surface area contributed by atoms with E-state index < -0.39 is 29.6 Å². The first-order valence-electron chi connectivity index (χ1n) is 22.2. The van der Waals surface area contributed by atoms with E-state index in [0.717, 1.165) is 56.9 Å². The first-order chi connectivity index (χ1) is 27.1. The highest BCUT2D eigenvalue weighted by molar-refractivity contribution is 5.96. The molecule has 1 aliphatic carbocycles. The number of unbranched alkanes of at least 4 members (excludes halogenated alkanes) is 1. The molecule has 1 aromatic carbocycles. The van der Waals surface area contributed by atoms with Gasteiger partial charge in [0.05, 0.1) is 6.54 Å². The van der Waals surface area contributed by atoms with Gasteiger partial charge < -0.3 is 10.6 Å². The van der Waals surface area contributed by atoms with E-state index >= 15 is 0 Å². The van der Waals surface area contributed by atoms with Crippen LogP contribution in [0, 0.1) is 47.3 Å². The number of hydrogen-bond acceptors (Lipinski definition) is 8. The van der Waals surface area contributed by atoms with Crippen LogP contribution in [0.1, 0.15) is 157 Å². The maximum atomic E-state index is 14.7. The van der Waals surface area contributed by atoms with E-state index in [2.05, 4.69) is 0 Å². The highest BCUT2D eigenvalue weighted by atomic mass is 16.2. The zero-order valence-electron chi connectivity index (χ0n) is 36.5. The fourth-order valence-electron chi connectivity index (χ4n) is 8.45. The van der Waals surface area contributed by atoms with Crippen LogP contribution in [-0.2, 0) is 40.0 Å². The Bertz CT molecular complexity index is 1430. The topological polar surface area (TPSA) is 149 Å². The van der Waals surface area contributed by atoms with Crippen LogP contribution < -0.4 is 5.73 Å². The first-order valence-corrected chi connectivity index (χ1v) is 22.2. The predicted octanol–water partition coefficient (Wildman–Crippen LogP) is 8.76. The monoisotopic (exact) mass is 793 g/mol. The molecule has 9 heteroatoms. The van der Waals surface area contributed by atoms with Crippen LogP contribution in [0.2, 0.25) is 0 Å². The van der Waals surface area contributed by atoms with Gasteiger partial charge in [-0.1, -0.05) is 97.6 Å². The van der Waals surface area contributed by atoms with Crippen LogP contribution in [0.25, 0.3) is 0 Å². The molecular formula is C48H76N2O7. The summed E-state index contributed by atoms with van der Waals surface area (Å²) in [5.41, 5.74) is 6.63. The fourth-order valence-corrected chi connectivity index (χ4v) is 8.45. The standard InChI is InChI=1S/C48H76N2O7/c1-8-17-42(52)27-39(22-15-16-23-49)45(54)28-40(24-33(2)3)46(55)30-44(34(4)5)47(56)29-41(26-37-18-11-9-12-19-37)48(57)50(31-38-20-13-10-14-21-38)32-43(53)25-35(6)36(7)51/h9,11-12,18-19,33-35,38-41,44H,8,10,13-17,20-32,49H2,1-7H3. The largest absolute Gasteiger partial charge is 0.335 e. The normalized spacial score (nSPS) is 16.1. The molecule has 1 amide bonds. The number of carbonyl (C=O) groups is 7. The number of rotatable bonds is 30. The maximum absolute atomic E-state index is 14.7. The summed E-state index contributed by atoms with van der Waals surface area (Å²) in [5.74, 6) is -3.39. The summed E-state index contributed by atoms with van der Waals surface area (Å²) in [6.45, 7) is 13.9. The second-order valence-corrected chi connectivity index (χ2v) is 18.0. The van der Waals surface area contributed by atoms with Crippen molar-refractivity contribution in [2.75, 3.05) is 19.6 Å². The maximum Gasteiger partial charge on any atom is 0.226 e. The number of hydrogen-bond donors (Lipinski definition) is 1. The molecule has 1 fully saturated rings. The van der Waals surface area contributed by atoms with Crippen molar-refractivity contribution in [1.29, 1.82) is 0 Å². The Morgan fingerprint density at radius 1 is 0.737 bits per heavy atom. The Kier molecular flexibility index (Phi) is 23.3. The van der Waals surface area contributed by atoms with Crippen molar-refractivity contribution in [2.45, 2.75) is 158 Å². The molecule has 9 nitrogen and oxygen atoms in total. The molecule has 5 atom stereocenters. The third kappa shape index (κ3) is 18.9. The van der Waals surface area contributed by atoms with Crippen molar-refractivity contribution >= 4 is 40.6 Å². The molecule has 0 aromatic heterocycles. The summed E-state index contributed by atoms with van der Waals surface area (Å²) in [6.07, 6.45) is 9.50. The molecule has 5 unspecified atom stereocenters. The molecule has 2 N–H and O–H groups in total. The smallest absolute Gasteiger partial charge is 0.226 e. The van der Waals surface area contributed by atoms with Gasteiger partial charge in [0, 0.05) is 74.7 Å². The Morgan fingerprint density at radius 3 is 1.95 bits per heavy atom. The zero-order chi connectivity index (χ0) is 42.5. The molecule has 0 radical (unpaired) electrons. The summed E-state index contributed by atoms with van der Waals surface area (Å²) >= 11 is 0. The first kappa shape index (κ1) is 49.8. The van der Waals surface area contributed by atoms with Gasteiger partial charge in [-0.25, -0.2) is 0 Å². The highest BCUT2D eigenvalue weighted by Crippen LogP contribution is 2.31. The summed E-state index contributed by atoms with van der Waals surface area (Å²) in [5, 5.41) is 0. The van der Waals surface area contributed by atoms with Crippen LogP contribution in [-0.4, -0.2) is 65.1 Å². The summed E-state index contributed by atoms with van der Waals surface area (Å²) in [7, 11) is 0. The van der Waals surface area contributed by atoms with Gasteiger partial charge >= 0.3 is 0 Å². The Morgan fingerprint density at radius 2 is 1.37 bits per heavy atom. The van der Waals surface area contributed by atoms with Crippen LogP contribution in [0.15, 0.2) is 30.3 Å². The molecule has 1 aromatic rings. The van der Waals surface area contributed by atoms with Gasteiger partial charge in [0.15, 0.2) is 5.78 Å². The molecule has 2 rings (SSSR count). The van der Waals surface area contributed by atoms with Crippen molar-refractivity contribution in [3.8, 4) is 0 Å². The number of amides is 1. The molecule has 0 saturated heterocycles. The van der Waals surface area contributed by atoms with Gasteiger partial charge in [-0.05, 0) is 81.7 Å². The SMILES string of the molecule is CCCC(=O)CC(CCCCN)C(=O)CC(CC(C)C)C(=O)CC(C(=O)CC(Cc1ccccc1)C(=O)N(CC(=O)CC(C)C(C)=O)CC1CCCCC1)C(C)C. The number of Topliss-reactive ketones (excluding diaryl/α,β-unsaturated/α-hetero) is 6. The lowest BCUT2D eigenvalue weighted by atomic mass is 9.77. The zero-order valence-corrected chi connectivity index (χ0v) is 36.5. The van der Waals surface area contributed by atoms with E-state index in [0.29, 0.717) is 38.8 Å². The minimum absolute atomic E-state index is 0.0206. The molecule has 0 heterocycles. The van der Waals surface area contributed by atoms with Crippen molar-refractivity contribution in [2.24, 2.45) is 53.1 Å². The number of carbonyl (C=O) groups excluding carboxylic acids is 7. The summed E-state index contributed by atoms with van der Waals surface area (Å²) in [6, 6.07) is 9.58. The van der Waals surface area contributed by atoms with Crippen LogP contribution in [0.4, 0.5) is 0 Å². The minimum Gasteiger partial charge on any atom is -0.335 e. The van der Waals surface area contributed by atoms with E-state index in [1.807, 2.05) is 65.0 Å². The second kappa shape index (κ2) is 26.6. The van der Waals surface area contributed by atoms with Crippen molar-refractivity contribution in [3.63, 3.8) is 0 Å². The molecule has 0 aliphatic heterocycles. The average molecular weight is 793 g/mol. The van der Waals surface area contributed by atoms with Crippen molar-refractivity contribution in [1.82, 2.24) is 4.90 Å². The Labute approximate surface area is 344 Å². The number of ketones is 6. The van der Waals surface area contributed by atoms with E-state index in [4.69, 9.17) is 5.73 Å². The lowest BCUT2D eigenvalue weighted by Crippen LogP contribution is -2.44.